The molecular weight excluding hydrogens is 240 g/mol. The molecule has 0 aliphatic carbocycles. The molecular formula is C11H15ClN4O. The van der Waals surface area contributed by atoms with Crippen LogP contribution in [0.3, 0.4) is 0 Å². The number of halogens is 1. The van der Waals surface area contributed by atoms with Gasteiger partial charge in [0.05, 0.1) is 29.2 Å². The minimum Gasteiger partial charge on any atom is -0.495 e. The molecule has 17 heavy (non-hydrogen) atoms. The van der Waals surface area contributed by atoms with Gasteiger partial charge in [-0.15, -0.1) is 0 Å². The fraction of sp³-hybridized carbons (Fsp3) is 0.364. The van der Waals surface area contributed by atoms with E-state index >= 15 is 0 Å². The maximum Gasteiger partial charge on any atom is 0.139 e. The molecule has 0 fully saturated rings. The number of hydrogen-bond acceptors (Lipinski definition) is 4. The smallest absolute Gasteiger partial charge is 0.139 e. The summed E-state index contributed by atoms with van der Waals surface area (Å²) in [6, 6.07) is 3.42. The van der Waals surface area contributed by atoms with Crippen LogP contribution in [-0.2, 0) is 0 Å². The number of likely N-dealkylation sites (N-methyl/N-ethyl adjacent to an activating group) is 1. The minimum absolute atomic E-state index is 0.169. The zero-order valence-electron chi connectivity index (χ0n) is 9.75. The summed E-state index contributed by atoms with van der Waals surface area (Å²) in [5.74, 6) is 1.35. The quantitative estimate of drug-likeness (QED) is 0.772. The topological polar surface area (TPSA) is 76.0 Å². The predicted molar refractivity (Wildman–Crippen MR) is 68.5 cm³/mol. The Hall–Kier alpha value is -1.30. The normalized spacial score (nSPS) is 12.9. The average molecular weight is 255 g/mol. The van der Waals surface area contributed by atoms with Crippen molar-refractivity contribution in [1.29, 1.82) is 0 Å². The van der Waals surface area contributed by atoms with Crippen LogP contribution >= 0.6 is 11.6 Å². The highest BCUT2D eigenvalue weighted by Crippen LogP contribution is 2.29. The Kier molecular flexibility index (Phi) is 3.51. The van der Waals surface area contributed by atoms with E-state index in [2.05, 4.69) is 15.3 Å². The van der Waals surface area contributed by atoms with Gasteiger partial charge in [0, 0.05) is 12.6 Å². The molecule has 0 saturated carbocycles. The molecule has 92 valence electrons. The van der Waals surface area contributed by atoms with Gasteiger partial charge in [-0.3, -0.25) is 0 Å². The number of H-pyrrole nitrogens is 1. The van der Waals surface area contributed by atoms with Gasteiger partial charge in [0.2, 0.25) is 0 Å². The first-order valence-corrected chi connectivity index (χ1v) is 5.67. The van der Waals surface area contributed by atoms with Crippen LogP contribution in [-0.4, -0.2) is 30.7 Å². The Balaban J connectivity index is 2.43. The molecule has 1 aromatic carbocycles. The zero-order valence-corrected chi connectivity index (χ0v) is 10.5. The summed E-state index contributed by atoms with van der Waals surface area (Å²) in [4.78, 5) is 7.58. The molecule has 6 heteroatoms. The lowest BCUT2D eigenvalue weighted by atomic mass is 10.3. The van der Waals surface area contributed by atoms with Gasteiger partial charge in [-0.2, -0.15) is 0 Å². The monoisotopic (exact) mass is 254 g/mol. The maximum absolute atomic E-state index is 6.04. The second-order valence-electron chi connectivity index (χ2n) is 3.79. The number of nitrogens with one attached hydrogen (secondary N) is 2. The summed E-state index contributed by atoms with van der Waals surface area (Å²) in [6.45, 7) is 0.657. The van der Waals surface area contributed by atoms with Crippen LogP contribution in [0.25, 0.3) is 11.0 Å². The molecule has 0 radical (unpaired) electrons. The summed E-state index contributed by atoms with van der Waals surface area (Å²) in [6.07, 6.45) is 0. The lowest BCUT2D eigenvalue weighted by molar-refractivity contribution is 0.415. The van der Waals surface area contributed by atoms with Gasteiger partial charge >= 0.3 is 0 Å². The molecule has 1 unspecified atom stereocenters. The van der Waals surface area contributed by atoms with Crippen LogP contribution in [0.4, 0.5) is 0 Å². The summed E-state index contributed by atoms with van der Waals surface area (Å²) in [7, 11) is 3.43. The molecule has 0 bridgehead atoms. The molecule has 1 heterocycles. The number of benzene rings is 1. The van der Waals surface area contributed by atoms with Crippen LogP contribution in [0.5, 0.6) is 5.75 Å². The van der Waals surface area contributed by atoms with Crippen molar-refractivity contribution in [2.75, 3.05) is 20.7 Å². The van der Waals surface area contributed by atoms with Crippen LogP contribution in [0.2, 0.25) is 5.02 Å². The Morgan fingerprint density at radius 1 is 1.59 bits per heavy atom. The van der Waals surface area contributed by atoms with Gasteiger partial charge in [-0.05, 0) is 13.1 Å². The number of methoxy groups -OCH3 is 1. The van der Waals surface area contributed by atoms with E-state index in [9.17, 15) is 0 Å². The van der Waals surface area contributed by atoms with E-state index in [1.54, 1.807) is 19.2 Å². The second-order valence-corrected chi connectivity index (χ2v) is 4.20. The lowest BCUT2D eigenvalue weighted by Crippen LogP contribution is -2.24. The van der Waals surface area contributed by atoms with Crippen molar-refractivity contribution < 1.29 is 4.74 Å². The van der Waals surface area contributed by atoms with Gasteiger partial charge < -0.3 is 20.8 Å². The van der Waals surface area contributed by atoms with Crippen molar-refractivity contribution in [3.63, 3.8) is 0 Å². The number of aromatic amines is 1. The van der Waals surface area contributed by atoms with Gasteiger partial charge in [-0.25, -0.2) is 4.98 Å². The summed E-state index contributed by atoms with van der Waals surface area (Å²) >= 11 is 6.04. The number of nitrogens with two attached hydrogens (primary N) is 1. The Morgan fingerprint density at radius 3 is 3.00 bits per heavy atom. The van der Waals surface area contributed by atoms with Crippen LogP contribution < -0.4 is 15.8 Å². The average Bonchev–Trinajstić information content (AvgIpc) is 2.71. The van der Waals surface area contributed by atoms with Crippen LogP contribution in [0, 0.1) is 0 Å². The standard InChI is InChI=1S/C11H15ClN4O/c1-14-5-7(13)11-15-8-3-6(12)10(17-2)4-9(8)16-11/h3-4,7,14H,5,13H2,1-2H3,(H,15,16). The fourth-order valence-corrected chi connectivity index (χ4v) is 1.92. The summed E-state index contributed by atoms with van der Waals surface area (Å²) < 4.78 is 5.14. The highest BCUT2D eigenvalue weighted by Gasteiger charge is 2.12. The molecule has 5 nitrogen and oxygen atoms in total. The van der Waals surface area contributed by atoms with Crippen molar-refractivity contribution >= 4 is 22.6 Å². The maximum atomic E-state index is 6.04. The highest BCUT2D eigenvalue weighted by atomic mass is 35.5. The Morgan fingerprint density at radius 2 is 2.35 bits per heavy atom. The lowest BCUT2D eigenvalue weighted by Gasteiger charge is -2.06. The minimum atomic E-state index is -0.169. The van der Waals surface area contributed by atoms with E-state index < -0.39 is 0 Å². The van der Waals surface area contributed by atoms with Crippen molar-refractivity contribution in [2.45, 2.75) is 6.04 Å². The van der Waals surface area contributed by atoms with E-state index in [1.165, 1.54) is 0 Å². The third-order valence-corrected chi connectivity index (χ3v) is 2.84. The molecule has 0 saturated heterocycles. The van der Waals surface area contributed by atoms with E-state index in [0.717, 1.165) is 16.9 Å². The Labute approximate surface area is 104 Å². The molecule has 4 N–H and O–H groups in total. The number of imidazole rings is 1. The number of aromatic nitrogens is 2. The van der Waals surface area contributed by atoms with Crippen molar-refractivity contribution in [3.05, 3.63) is 23.0 Å². The van der Waals surface area contributed by atoms with E-state index in [0.29, 0.717) is 17.3 Å². The number of ether oxygens (including phenoxy) is 1. The van der Waals surface area contributed by atoms with Gasteiger partial charge in [0.25, 0.3) is 0 Å². The molecule has 0 spiro atoms. The molecule has 2 rings (SSSR count). The third-order valence-electron chi connectivity index (χ3n) is 2.55. The number of nitrogens with zero attached hydrogens (tertiary/aromatic N) is 1. The van der Waals surface area contributed by atoms with Crippen molar-refractivity contribution in [3.8, 4) is 5.75 Å². The van der Waals surface area contributed by atoms with Crippen LogP contribution in [0.1, 0.15) is 11.9 Å². The van der Waals surface area contributed by atoms with E-state index in [1.807, 2.05) is 7.05 Å². The van der Waals surface area contributed by atoms with Crippen molar-refractivity contribution in [2.24, 2.45) is 5.73 Å². The first kappa shape index (κ1) is 12.2. The predicted octanol–water partition coefficient (Wildman–Crippen LogP) is 1.44. The van der Waals surface area contributed by atoms with Crippen molar-refractivity contribution in [1.82, 2.24) is 15.3 Å². The molecule has 2 aromatic rings. The van der Waals surface area contributed by atoms with Gasteiger partial charge in [0.15, 0.2) is 0 Å². The van der Waals surface area contributed by atoms with Crippen LogP contribution in [0.15, 0.2) is 12.1 Å². The summed E-state index contributed by atoms with van der Waals surface area (Å²) in [5.41, 5.74) is 7.62. The molecule has 0 aliphatic heterocycles. The number of fused-ring (bicyclic) bond motifs is 1. The fourth-order valence-electron chi connectivity index (χ4n) is 1.68. The van der Waals surface area contributed by atoms with E-state index in [-0.39, 0.29) is 6.04 Å². The zero-order chi connectivity index (χ0) is 12.4. The first-order valence-electron chi connectivity index (χ1n) is 5.29. The molecule has 1 atom stereocenters. The third kappa shape index (κ3) is 2.36. The van der Waals surface area contributed by atoms with Gasteiger partial charge in [-0.1, -0.05) is 11.6 Å². The SMILES string of the molecule is CNCC(N)c1nc2cc(OC)c(Cl)cc2[nH]1. The summed E-state index contributed by atoms with van der Waals surface area (Å²) in [5, 5.41) is 3.56. The Bertz CT molecular complexity index is 525. The van der Waals surface area contributed by atoms with E-state index in [4.69, 9.17) is 22.1 Å². The van der Waals surface area contributed by atoms with Gasteiger partial charge in [0.1, 0.15) is 11.6 Å². The second kappa shape index (κ2) is 4.91. The largest absolute Gasteiger partial charge is 0.495 e. The number of hydrogen-bond donors (Lipinski definition) is 3. The first-order chi connectivity index (χ1) is 8.15. The molecule has 1 aromatic heterocycles. The highest BCUT2D eigenvalue weighted by molar-refractivity contribution is 6.32. The molecule has 0 amide bonds. The number of rotatable bonds is 4. The molecule has 0 aliphatic rings.